The maximum Gasteiger partial charge on any atom is 0.410 e. The molecule has 3 aromatic rings. The van der Waals surface area contributed by atoms with Gasteiger partial charge in [-0.05, 0) is 47.0 Å². The maximum atomic E-state index is 13.0. The van der Waals surface area contributed by atoms with Crippen LogP contribution in [0.5, 0.6) is 5.75 Å². The molecule has 1 atom stereocenters. The van der Waals surface area contributed by atoms with Gasteiger partial charge in [-0.15, -0.1) is 0 Å². The van der Waals surface area contributed by atoms with Gasteiger partial charge in [0.2, 0.25) is 15.9 Å². The minimum atomic E-state index is -3.60. The van der Waals surface area contributed by atoms with E-state index in [1.165, 1.54) is 22.6 Å². The Hall–Kier alpha value is -3.97. The molecule has 3 heterocycles. The molecule has 11 nitrogen and oxygen atoms in total. The number of aromatic nitrogens is 1. The fourth-order valence-corrected chi connectivity index (χ4v) is 6.23. The number of amides is 2. The summed E-state index contributed by atoms with van der Waals surface area (Å²) in [6.07, 6.45) is 3.37. The number of hydrogen-bond acceptors (Lipinski definition) is 7. The van der Waals surface area contributed by atoms with Gasteiger partial charge < -0.3 is 19.9 Å². The van der Waals surface area contributed by atoms with Crippen molar-refractivity contribution in [2.75, 3.05) is 31.6 Å². The molecule has 13 heteroatoms. The predicted octanol–water partition coefficient (Wildman–Crippen LogP) is 3.69. The molecule has 2 amide bonds. The lowest BCUT2D eigenvalue weighted by molar-refractivity contribution is -0.116. The van der Waals surface area contributed by atoms with Crippen LogP contribution in [0.2, 0.25) is 5.02 Å². The molecule has 0 spiro atoms. The summed E-state index contributed by atoms with van der Waals surface area (Å²) in [5, 5.41) is 14.1. The Morgan fingerprint density at radius 2 is 1.85 bits per heavy atom. The van der Waals surface area contributed by atoms with Gasteiger partial charge in [0.15, 0.2) is 0 Å². The molecule has 2 aliphatic rings. The normalized spacial score (nSPS) is 17.1. The second-order valence-electron chi connectivity index (χ2n) is 9.36. The van der Waals surface area contributed by atoms with Crippen LogP contribution in [0, 0.1) is 0 Å². The highest BCUT2D eigenvalue weighted by Gasteiger charge is 2.28. The molecule has 1 saturated heterocycles. The van der Waals surface area contributed by atoms with Crippen LogP contribution in [-0.2, 0) is 32.5 Å². The number of pyridine rings is 1. The van der Waals surface area contributed by atoms with Crippen molar-refractivity contribution in [2.45, 2.75) is 24.0 Å². The van der Waals surface area contributed by atoms with Crippen molar-refractivity contribution in [1.82, 2.24) is 14.6 Å². The second-order valence-corrected chi connectivity index (χ2v) is 11.7. The number of anilines is 1. The van der Waals surface area contributed by atoms with Crippen molar-refractivity contribution in [1.29, 1.82) is 0 Å². The van der Waals surface area contributed by atoms with E-state index >= 15 is 0 Å². The standard InChI is InChI=1S/C28H27ClN4O7S/c29-24-8-7-22(19-2-5-21(6-3-19)41(37,38)33-11-13-39-14-12-33)23-15-20(40-27(23)24)4-10-26(34)31-17-18-1-9-25(30-16-18)32-28(35)36/h1-10,16,20H,11-15,17H2,(H,30,32)(H,31,34)(H,35,36). The summed E-state index contributed by atoms with van der Waals surface area (Å²) in [5.74, 6) is 0.392. The van der Waals surface area contributed by atoms with E-state index in [0.717, 1.165) is 16.7 Å². The van der Waals surface area contributed by atoms with Crippen molar-refractivity contribution >= 4 is 39.4 Å². The Morgan fingerprint density at radius 3 is 2.54 bits per heavy atom. The summed E-state index contributed by atoms with van der Waals surface area (Å²) in [6.45, 7) is 1.63. The largest absolute Gasteiger partial charge is 0.484 e. The Morgan fingerprint density at radius 1 is 1.10 bits per heavy atom. The van der Waals surface area contributed by atoms with Crippen molar-refractivity contribution in [3.8, 4) is 16.9 Å². The lowest BCUT2D eigenvalue weighted by Crippen LogP contribution is -2.40. The monoisotopic (exact) mass is 598 g/mol. The van der Waals surface area contributed by atoms with Gasteiger partial charge in [-0.3, -0.25) is 10.1 Å². The van der Waals surface area contributed by atoms with Gasteiger partial charge in [0.25, 0.3) is 0 Å². The summed E-state index contributed by atoms with van der Waals surface area (Å²) < 4.78 is 38.7. The third kappa shape index (κ3) is 6.68. The third-order valence-electron chi connectivity index (χ3n) is 6.65. The predicted molar refractivity (Wildman–Crippen MR) is 151 cm³/mol. The van der Waals surface area contributed by atoms with Crippen molar-refractivity contribution < 1.29 is 32.6 Å². The number of morpholine rings is 1. The van der Waals surface area contributed by atoms with Crippen molar-refractivity contribution in [3.05, 3.63) is 83.0 Å². The summed E-state index contributed by atoms with van der Waals surface area (Å²) in [5.41, 5.74) is 3.27. The molecule has 0 aliphatic carbocycles. The number of fused-ring (bicyclic) bond motifs is 1. The van der Waals surface area contributed by atoms with Crippen molar-refractivity contribution in [3.63, 3.8) is 0 Å². The summed E-state index contributed by atoms with van der Waals surface area (Å²) in [7, 11) is -3.60. The molecule has 1 fully saturated rings. The Kier molecular flexibility index (Phi) is 8.54. The highest BCUT2D eigenvalue weighted by molar-refractivity contribution is 7.89. The number of nitrogens with zero attached hydrogens (tertiary/aromatic N) is 2. The molecule has 214 valence electrons. The summed E-state index contributed by atoms with van der Waals surface area (Å²) >= 11 is 6.42. The number of nitrogens with one attached hydrogen (secondary N) is 2. The number of carbonyl (C=O) groups excluding carboxylic acids is 1. The van der Waals surface area contributed by atoms with Crippen LogP contribution in [0.4, 0.5) is 10.6 Å². The van der Waals surface area contributed by atoms with Crippen LogP contribution < -0.4 is 15.4 Å². The Balaban J connectivity index is 1.23. The zero-order valence-corrected chi connectivity index (χ0v) is 23.3. The highest BCUT2D eigenvalue weighted by atomic mass is 35.5. The topological polar surface area (TPSA) is 147 Å². The first-order valence-electron chi connectivity index (χ1n) is 12.8. The minimum absolute atomic E-state index is 0.192. The van der Waals surface area contributed by atoms with E-state index in [4.69, 9.17) is 26.2 Å². The number of ether oxygens (including phenoxy) is 2. The van der Waals surface area contributed by atoms with Crippen LogP contribution in [0.15, 0.2) is 71.8 Å². The first-order valence-corrected chi connectivity index (χ1v) is 14.6. The maximum absolute atomic E-state index is 13.0. The number of halogens is 1. The smallest absolute Gasteiger partial charge is 0.410 e. The minimum Gasteiger partial charge on any atom is -0.484 e. The fourth-order valence-electron chi connectivity index (χ4n) is 4.60. The van der Waals surface area contributed by atoms with Crippen LogP contribution in [0.1, 0.15) is 11.1 Å². The lowest BCUT2D eigenvalue weighted by Gasteiger charge is -2.26. The number of hydrogen-bond donors (Lipinski definition) is 3. The quantitative estimate of drug-likeness (QED) is 0.333. The van der Waals surface area contributed by atoms with E-state index in [1.807, 2.05) is 6.07 Å². The molecule has 0 radical (unpaired) electrons. The lowest BCUT2D eigenvalue weighted by atomic mass is 9.96. The molecule has 41 heavy (non-hydrogen) atoms. The average molecular weight is 599 g/mol. The molecule has 2 aliphatic heterocycles. The molecule has 3 N–H and O–H groups in total. The summed E-state index contributed by atoms with van der Waals surface area (Å²) in [6, 6.07) is 13.5. The molecule has 0 saturated carbocycles. The Labute approximate surface area is 241 Å². The van der Waals surface area contributed by atoms with Crippen molar-refractivity contribution in [2.24, 2.45) is 0 Å². The molecular formula is C28H27ClN4O7S. The molecule has 1 unspecified atom stereocenters. The van der Waals surface area contributed by atoms with Gasteiger partial charge in [-0.25, -0.2) is 18.2 Å². The van der Waals surface area contributed by atoms with Gasteiger partial charge >= 0.3 is 6.09 Å². The van der Waals surface area contributed by atoms with E-state index in [0.29, 0.717) is 49.1 Å². The highest BCUT2D eigenvalue weighted by Crippen LogP contribution is 2.42. The molecule has 1 aromatic heterocycles. The van der Waals surface area contributed by atoms with Crippen LogP contribution in [0.25, 0.3) is 11.1 Å². The van der Waals surface area contributed by atoms with E-state index in [9.17, 15) is 18.0 Å². The van der Waals surface area contributed by atoms with E-state index < -0.39 is 22.2 Å². The number of carboxylic acid groups (broad SMARTS) is 1. The zero-order valence-electron chi connectivity index (χ0n) is 21.7. The number of sulfonamides is 1. The van der Waals surface area contributed by atoms with Gasteiger partial charge in [-0.1, -0.05) is 35.9 Å². The summed E-state index contributed by atoms with van der Waals surface area (Å²) in [4.78, 5) is 27.3. The zero-order chi connectivity index (χ0) is 29.0. The van der Waals surface area contributed by atoms with E-state index in [-0.39, 0.29) is 23.2 Å². The van der Waals surface area contributed by atoms with Gasteiger partial charge in [0.1, 0.15) is 17.7 Å². The van der Waals surface area contributed by atoms with Gasteiger partial charge in [-0.2, -0.15) is 4.31 Å². The SMILES string of the molecule is O=C(O)Nc1ccc(CNC(=O)C=CC2Cc3c(-c4ccc(S(=O)(=O)N5CCOCC5)cc4)ccc(Cl)c3O2)cn1. The molecule has 5 rings (SSSR count). The second kappa shape index (κ2) is 12.3. The van der Waals surface area contributed by atoms with Crippen LogP contribution in [0.3, 0.4) is 0 Å². The molecule has 0 bridgehead atoms. The number of rotatable bonds is 8. The van der Waals surface area contributed by atoms with Gasteiger partial charge in [0, 0.05) is 43.9 Å². The first-order chi connectivity index (χ1) is 19.7. The third-order valence-corrected chi connectivity index (χ3v) is 8.86. The van der Waals surface area contributed by atoms with Crippen LogP contribution >= 0.6 is 11.6 Å². The molecular weight excluding hydrogens is 572 g/mol. The molecule has 2 aromatic carbocycles. The first kappa shape index (κ1) is 28.6. The average Bonchev–Trinajstić information content (AvgIpc) is 3.41. The fraction of sp³-hybridized carbons (Fsp3) is 0.250. The Bertz CT molecular complexity index is 1570. The van der Waals surface area contributed by atoms with Gasteiger partial charge in [0.05, 0.1) is 23.1 Å². The van der Waals surface area contributed by atoms with E-state index in [2.05, 4.69) is 15.6 Å². The van der Waals surface area contributed by atoms with Crippen LogP contribution in [-0.4, -0.2) is 67.2 Å². The number of carbonyl (C=O) groups is 2. The number of benzene rings is 2. The van der Waals surface area contributed by atoms with E-state index in [1.54, 1.807) is 42.5 Å².